The van der Waals surface area contributed by atoms with Gasteiger partial charge in [0.25, 0.3) is 5.69 Å². The van der Waals surface area contributed by atoms with Crippen LogP contribution in [0.3, 0.4) is 0 Å². The van der Waals surface area contributed by atoms with E-state index in [0.29, 0.717) is 6.54 Å². The number of para-hydroxylation sites is 2. The molecular formula is C21H27N5O3. The minimum Gasteiger partial charge on any atom is -0.495 e. The summed E-state index contributed by atoms with van der Waals surface area (Å²) in [6.45, 7) is 6.77. The third-order valence-electron chi connectivity index (χ3n) is 4.90. The molecule has 154 valence electrons. The minimum atomic E-state index is -0.391. The molecule has 1 heterocycles. The number of rotatable bonds is 6. The van der Waals surface area contributed by atoms with Gasteiger partial charge in [0, 0.05) is 44.9 Å². The topological polar surface area (TPSA) is 83.2 Å². The van der Waals surface area contributed by atoms with Crippen LogP contribution in [0.4, 0.5) is 11.4 Å². The lowest BCUT2D eigenvalue weighted by molar-refractivity contribution is -0.384. The van der Waals surface area contributed by atoms with Crippen molar-refractivity contribution in [3.05, 3.63) is 64.2 Å². The van der Waals surface area contributed by atoms with Crippen LogP contribution in [-0.2, 0) is 6.54 Å². The Balaban J connectivity index is 1.64. The van der Waals surface area contributed by atoms with Gasteiger partial charge in [-0.2, -0.15) is 0 Å². The summed E-state index contributed by atoms with van der Waals surface area (Å²) in [5.74, 6) is 1.75. The Morgan fingerprint density at radius 2 is 1.83 bits per heavy atom. The van der Waals surface area contributed by atoms with Crippen LogP contribution in [0.1, 0.15) is 12.5 Å². The minimum absolute atomic E-state index is 0.0945. The molecule has 1 aliphatic rings. The molecule has 0 atom stereocenters. The first-order valence-corrected chi connectivity index (χ1v) is 9.77. The molecule has 0 unspecified atom stereocenters. The fourth-order valence-corrected chi connectivity index (χ4v) is 3.37. The molecule has 8 nitrogen and oxygen atoms in total. The summed E-state index contributed by atoms with van der Waals surface area (Å²) in [4.78, 5) is 19.7. The van der Waals surface area contributed by atoms with E-state index in [1.807, 2.05) is 25.1 Å². The average molecular weight is 397 g/mol. The maximum atomic E-state index is 10.8. The van der Waals surface area contributed by atoms with Gasteiger partial charge in [-0.3, -0.25) is 10.1 Å². The van der Waals surface area contributed by atoms with Crippen LogP contribution < -0.4 is 15.0 Å². The average Bonchev–Trinajstić information content (AvgIpc) is 2.77. The van der Waals surface area contributed by atoms with Crippen molar-refractivity contribution in [1.82, 2.24) is 10.2 Å². The number of guanidine groups is 1. The highest BCUT2D eigenvalue weighted by atomic mass is 16.6. The fourth-order valence-electron chi connectivity index (χ4n) is 3.37. The van der Waals surface area contributed by atoms with E-state index < -0.39 is 4.92 Å². The number of methoxy groups -OCH3 is 1. The Morgan fingerprint density at radius 1 is 1.14 bits per heavy atom. The molecule has 0 bridgehead atoms. The van der Waals surface area contributed by atoms with E-state index in [2.05, 4.69) is 21.2 Å². The monoisotopic (exact) mass is 397 g/mol. The summed E-state index contributed by atoms with van der Waals surface area (Å²) in [5, 5.41) is 14.1. The Morgan fingerprint density at radius 3 is 2.45 bits per heavy atom. The molecule has 8 heteroatoms. The molecule has 1 N–H and O–H groups in total. The number of nitro benzene ring substituents is 1. The number of hydrogen-bond acceptors (Lipinski definition) is 5. The summed E-state index contributed by atoms with van der Waals surface area (Å²) in [6, 6.07) is 14.6. The number of ether oxygens (including phenoxy) is 1. The van der Waals surface area contributed by atoms with Crippen LogP contribution >= 0.6 is 0 Å². The molecule has 0 aromatic heterocycles. The van der Waals surface area contributed by atoms with Crippen LogP contribution in [0.5, 0.6) is 5.75 Å². The first-order chi connectivity index (χ1) is 14.1. The number of anilines is 1. The van der Waals surface area contributed by atoms with E-state index in [1.54, 1.807) is 19.2 Å². The fraction of sp³-hybridized carbons (Fsp3) is 0.381. The summed E-state index contributed by atoms with van der Waals surface area (Å²) >= 11 is 0. The third kappa shape index (κ3) is 5.16. The molecule has 29 heavy (non-hydrogen) atoms. The van der Waals surface area contributed by atoms with Gasteiger partial charge in [-0.1, -0.05) is 24.3 Å². The molecule has 2 aromatic carbocycles. The van der Waals surface area contributed by atoms with Gasteiger partial charge >= 0.3 is 0 Å². The zero-order valence-electron chi connectivity index (χ0n) is 16.9. The number of piperazine rings is 1. The molecule has 2 aromatic rings. The van der Waals surface area contributed by atoms with Gasteiger partial charge in [-0.15, -0.1) is 0 Å². The normalized spacial score (nSPS) is 14.6. The van der Waals surface area contributed by atoms with E-state index in [9.17, 15) is 10.1 Å². The molecule has 3 rings (SSSR count). The number of nitro groups is 1. The van der Waals surface area contributed by atoms with E-state index in [4.69, 9.17) is 9.73 Å². The van der Waals surface area contributed by atoms with Crippen molar-refractivity contribution in [3.8, 4) is 5.75 Å². The number of hydrogen-bond donors (Lipinski definition) is 1. The predicted octanol–water partition coefficient (Wildman–Crippen LogP) is 2.89. The van der Waals surface area contributed by atoms with Crippen LogP contribution in [0, 0.1) is 10.1 Å². The van der Waals surface area contributed by atoms with Crippen molar-refractivity contribution < 1.29 is 9.66 Å². The molecule has 1 aliphatic heterocycles. The van der Waals surface area contributed by atoms with Gasteiger partial charge in [0.2, 0.25) is 0 Å². The van der Waals surface area contributed by atoms with Crippen LogP contribution in [-0.4, -0.2) is 55.6 Å². The summed E-state index contributed by atoms with van der Waals surface area (Å²) in [7, 11) is 1.70. The van der Waals surface area contributed by atoms with Gasteiger partial charge in [0.15, 0.2) is 5.96 Å². The SMILES string of the molecule is CCNC(=NCc1ccc([N+](=O)[O-])cc1)N1CCN(c2ccccc2OC)CC1. The van der Waals surface area contributed by atoms with Gasteiger partial charge in [0.05, 0.1) is 24.3 Å². The van der Waals surface area contributed by atoms with Gasteiger partial charge in [0.1, 0.15) is 5.75 Å². The largest absolute Gasteiger partial charge is 0.495 e. The second-order valence-electron chi connectivity index (χ2n) is 6.74. The Kier molecular flexibility index (Phi) is 6.89. The molecule has 1 saturated heterocycles. The van der Waals surface area contributed by atoms with Crippen molar-refractivity contribution in [3.63, 3.8) is 0 Å². The smallest absolute Gasteiger partial charge is 0.269 e. The summed E-state index contributed by atoms with van der Waals surface area (Å²) in [5.41, 5.74) is 2.15. The Hall–Kier alpha value is -3.29. The molecule has 0 radical (unpaired) electrons. The first kappa shape index (κ1) is 20.4. The molecular weight excluding hydrogens is 370 g/mol. The highest BCUT2D eigenvalue weighted by Crippen LogP contribution is 2.28. The number of non-ortho nitro benzene ring substituents is 1. The number of nitrogens with one attached hydrogen (secondary N) is 1. The molecule has 0 spiro atoms. The standard InChI is InChI=1S/C21H27N5O3/c1-3-22-21(23-16-17-8-10-18(11-9-17)26(27)28)25-14-12-24(13-15-25)19-6-4-5-7-20(19)29-2/h4-11H,3,12-16H2,1-2H3,(H,22,23). The Bertz CT molecular complexity index is 846. The molecule has 1 fully saturated rings. The van der Waals surface area contributed by atoms with Crippen molar-refractivity contribution >= 4 is 17.3 Å². The second-order valence-corrected chi connectivity index (χ2v) is 6.74. The lowest BCUT2D eigenvalue weighted by atomic mass is 10.2. The van der Waals surface area contributed by atoms with Crippen molar-refractivity contribution in [2.75, 3.05) is 44.7 Å². The van der Waals surface area contributed by atoms with Crippen molar-refractivity contribution in [2.24, 2.45) is 4.99 Å². The quantitative estimate of drug-likeness (QED) is 0.349. The lowest BCUT2D eigenvalue weighted by Crippen LogP contribution is -2.52. The van der Waals surface area contributed by atoms with Crippen LogP contribution in [0.15, 0.2) is 53.5 Å². The van der Waals surface area contributed by atoms with Gasteiger partial charge in [-0.25, -0.2) is 4.99 Å². The van der Waals surface area contributed by atoms with Crippen molar-refractivity contribution in [2.45, 2.75) is 13.5 Å². The van der Waals surface area contributed by atoms with E-state index in [1.165, 1.54) is 12.1 Å². The number of benzene rings is 2. The number of nitrogens with zero attached hydrogens (tertiary/aromatic N) is 4. The maximum absolute atomic E-state index is 10.8. The highest BCUT2D eigenvalue weighted by molar-refractivity contribution is 5.80. The second kappa shape index (κ2) is 9.77. The summed E-state index contributed by atoms with van der Waals surface area (Å²) in [6.07, 6.45) is 0. The highest BCUT2D eigenvalue weighted by Gasteiger charge is 2.21. The maximum Gasteiger partial charge on any atom is 0.269 e. The first-order valence-electron chi connectivity index (χ1n) is 9.77. The molecule has 0 saturated carbocycles. The Labute approximate surface area is 170 Å². The van der Waals surface area contributed by atoms with Crippen LogP contribution in [0.25, 0.3) is 0 Å². The van der Waals surface area contributed by atoms with E-state index in [0.717, 1.165) is 55.7 Å². The van der Waals surface area contributed by atoms with E-state index >= 15 is 0 Å². The zero-order valence-corrected chi connectivity index (χ0v) is 16.9. The van der Waals surface area contributed by atoms with Crippen LogP contribution in [0.2, 0.25) is 0 Å². The zero-order chi connectivity index (χ0) is 20.6. The molecule has 0 amide bonds. The number of aliphatic imine (C=N–C) groups is 1. The van der Waals surface area contributed by atoms with Gasteiger partial charge < -0.3 is 19.9 Å². The van der Waals surface area contributed by atoms with Gasteiger partial charge in [-0.05, 0) is 24.6 Å². The molecule has 0 aliphatic carbocycles. The van der Waals surface area contributed by atoms with Crippen molar-refractivity contribution in [1.29, 1.82) is 0 Å². The summed E-state index contributed by atoms with van der Waals surface area (Å²) < 4.78 is 5.49. The lowest BCUT2D eigenvalue weighted by Gasteiger charge is -2.38. The predicted molar refractivity (Wildman–Crippen MR) is 115 cm³/mol. The van der Waals surface area contributed by atoms with E-state index in [-0.39, 0.29) is 5.69 Å². The third-order valence-corrected chi connectivity index (χ3v) is 4.90.